The van der Waals surface area contributed by atoms with Gasteiger partial charge in [0, 0.05) is 54.8 Å². The van der Waals surface area contributed by atoms with Crippen molar-refractivity contribution in [2.45, 2.75) is 87.2 Å². The van der Waals surface area contributed by atoms with Crippen molar-refractivity contribution in [2.75, 3.05) is 30.9 Å². The summed E-state index contributed by atoms with van der Waals surface area (Å²) in [6.45, 7) is 0.616. The zero-order valence-corrected chi connectivity index (χ0v) is 30.2. The SMILES string of the molecule is CN(C)c1nc(N[C@H]2CC[C@@H](CNC(=O)C(CC(=O)c3ccc(C4CCCCC4)cc3)SCc3ccc(Cl)cc3)CC2)nc2ccccc12. The molecule has 0 spiro atoms. The molecule has 1 atom stereocenters. The molecule has 0 saturated heterocycles. The Labute approximate surface area is 300 Å². The molecule has 2 aliphatic carbocycles. The Kier molecular flexibility index (Phi) is 12.1. The van der Waals surface area contributed by atoms with Crippen LogP contribution in [0.3, 0.4) is 0 Å². The van der Waals surface area contributed by atoms with Crippen molar-refractivity contribution in [3.63, 3.8) is 0 Å². The molecule has 2 fully saturated rings. The minimum absolute atomic E-state index is 0.0128. The van der Waals surface area contributed by atoms with Crippen molar-refractivity contribution in [2.24, 2.45) is 5.92 Å². The van der Waals surface area contributed by atoms with Crippen LogP contribution >= 0.6 is 23.4 Å². The van der Waals surface area contributed by atoms with E-state index in [1.54, 1.807) is 0 Å². The summed E-state index contributed by atoms with van der Waals surface area (Å²) in [7, 11) is 4.01. The maximum Gasteiger partial charge on any atom is 0.233 e. The predicted octanol–water partition coefficient (Wildman–Crippen LogP) is 9.06. The lowest BCUT2D eigenvalue weighted by Crippen LogP contribution is -2.39. The second-order valence-corrected chi connectivity index (χ2v) is 15.5. The van der Waals surface area contributed by atoms with Gasteiger partial charge in [-0.3, -0.25) is 9.59 Å². The van der Waals surface area contributed by atoms with E-state index >= 15 is 0 Å². The number of ketones is 1. The van der Waals surface area contributed by atoms with Crippen LogP contribution < -0.4 is 15.5 Å². The number of hydrogen-bond donors (Lipinski definition) is 2. The van der Waals surface area contributed by atoms with Crippen LogP contribution in [0, 0.1) is 5.92 Å². The largest absolute Gasteiger partial charge is 0.362 e. The van der Waals surface area contributed by atoms with Gasteiger partial charge in [0.1, 0.15) is 5.82 Å². The number of benzene rings is 3. The summed E-state index contributed by atoms with van der Waals surface area (Å²) in [5, 5.41) is 8.05. The standard InChI is InChI=1S/C40H48ClN5O2S/c1-46(2)38-34-10-6-7-11-35(34)44-40(45-38)43-33-22-14-27(15-23-33)25-42-39(48)37(49-26-28-12-20-32(41)21-13-28)24-36(47)31-18-16-30(17-19-31)29-8-4-3-5-9-29/h6-7,10-13,16-21,27,29,33,37H,3-5,8-9,14-15,22-26H2,1-2H3,(H,42,48)(H,43,44,45)/t27-,33+,37?. The molecule has 0 aliphatic heterocycles. The molecule has 4 aromatic rings. The molecule has 0 bridgehead atoms. The Morgan fingerprint density at radius 3 is 2.31 bits per heavy atom. The first-order chi connectivity index (χ1) is 23.8. The van der Waals surface area contributed by atoms with Crippen molar-refractivity contribution in [1.29, 1.82) is 0 Å². The lowest BCUT2D eigenvalue weighted by Gasteiger charge is -2.30. The summed E-state index contributed by atoms with van der Waals surface area (Å²) in [6.07, 6.45) is 10.5. The molecule has 258 valence electrons. The van der Waals surface area contributed by atoms with Crippen LogP contribution in [0.5, 0.6) is 0 Å². The van der Waals surface area contributed by atoms with Crippen LogP contribution in [0.1, 0.15) is 91.6 Å². The van der Waals surface area contributed by atoms with E-state index in [0.29, 0.717) is 40.7 Å². The first-order valence-corrected chi connectivity index (χ1v) is 19.2. The fourth-order valence-corrected chi connectivity index (χ4v) is 8.40. The number of para-hydroxylation sites is 1. The van der Waals surface area contributed by atoms with Gasteiger partial charge in [0.05, 0.1) is 10.8 Å². The highest BCUT2D eigenvalue weighted by Gasteiger charge is 2.27. The summed E-state index contributed by atoms with van der Waals surface area (Å²) in [6, 6.07) is 24.2. The van der Waals surface area contributed by atoms with E-state index in [9.17, 15) is 9.59 Å². The van der Waals surface area contributed by atoms with Gasteiger partial charge < -0.3 is 15.5 Å². The number of aromatic nitrogens is 2. The van der Waals surface area contributed by atoms with Gasteiger partial charge in [0.15, 0.2) is 5.78 Å². The molecule has 1 heterocycles. The lowest BCUT2D eigenvalue weighted by molar-refractivity contribution is -0.120. The molecule has 0 radical (unpaired) electrons. The second-order valence-electron chi connectivity index (χ2n) is 13.9. The molecule has 2 N–H and O–H groups in total. The molecule has 3 aromatic carbocycles. The Morgan fingerprint density at radius 1 is 0.878 bits per heavy atom. The first-order valence-electron chi connectivity index (χ1n) is 17.8. The molecular formula is C40H48ClN5O2S. The number of carbonyl (C=O) groups is 2. The van der Waals surface area contributed by atoms with Gasteiger partial charge in [-0.2, -0.15) is 4.98 Å². The van der Waals surface area contributed by atoms with Crippen LogP contribution in [0.4, 0.5) is 11.8 Å². The summed E-state index contributed by atoms with van der Waals surface area (Å²) in [5.41, 5.74) is 4.02. The van der Waals surface area contributed by atoms with Crippen LogP contribution in [0.25, 0.3) is 10.9 Å². The van der Waals surface area contributed by atoms with Crippen molar-refractivity contribution >= 4 is 57.7 Å². The van der Waals surface area contributed by atoms with Crippen molar-refractivity contribution < 1.29 is 9.59 Å². The van der Waals surface area contributed by atoms with Crippen molar-refractivity contribution in [3.05, 3.63) is 94.5 Å². The Hall–Kier alpha value is -3.62. The van der Waals surface area contributed by atoms with Gasteiger partial charge in [-0.05, 0) is 85.8 Å². The molecule has 49 heavy (non-hydrogen) atoms. The predicted molar refractivity (Wildman–Crippen MR) is 204 cm³/mol. The van der Waals surface area contributed by atoms with Gasteiger partial charge in [0.25, 0.3) is 0 Å². The summed E-state index contributed by atoms with van der Waals surface area (Å²) in [5.74, 6) is 3.13. The molecule has 1 unspecified atom stereocenters. The average Bonchev–Trinajstić information content (AvgIpc) is 3.13. The third kappa shape index (κ3) is 9.55. The first kappa shape index (κ1) is 35.2. The number of halogens is 1. The van der Waals surface area contributed by atoms with E-state index in [0.717, 1.165) is 48.0 Å². The average molecular weight is 698 g/mol. The fraction of sp³-hybridized carbons (Fsp3) is 0.450. The molecule has 1 amide bonds. The Balaban J connectivity index is 1.03. The molecule has 1 aromatic heterocycles. The minimum Gasteiger partial charge on any atom is -0.362 e. The minimum atomic E-state index is -0.477. The number of amides is 1. The monoisotopic (exact) mass is 697 g/mol. The van der Waals surface area contributed by atoms with Gasteiger partial charge in [0.2, 0.25) is 11.9 Å². The van der Waals surface area contributed by atoms with E-state index in [1.807, 2.05) is 73.6 Å². The highest BCUT2D eigenvalue weighted by atomic mass is 35.5. The molecule has 9 heteroatoms. The molecule has 2 aliphatic rings. The fourth-order valence-electron chi connectivity index (χ4n) is 7.19. The molecule has 7 nitrogen and oxygen atoms in total. The van der Waals surface area contributed by atoms with E-state index in [1.165, 1.54) is 49.4 Å². The number of rotatable bonds is 13. The number of fused-ring (bicyclic) bond motifs is 1. The number of hydrogen-bond acceptors (Lipinski definition) is 7. The highest BCUT2D eigenvalue weighted by Crippen LogP contribution is 2.33. The summed E-state index contributed by atoms with van der Waals surface area (Å²) in [4.78, 5) is 38.8. The van der Waals surface area contributed by atoms with Gasteiger partial charge in [-0.15, -0.1) is 11.8 Å². The van der Waals surface area contributed by atoms with E-state index in [2.05, 4.69) is 28.8 Å². The number of anilines is 2. The number of carbonyl (C=O) groups excluding carboxylic acids is 2. The van der Waals surface area contributed by atoms with Crippen LogP contribution in [0.2, 0.25) is 5.02 Å². The third-order valence-corrected chi connectivity index (χ3v) is 11.6. The van der Waals surface area contributed by atoms with Crippen molar-refractivity contribution in [3.8, 4) is 0 Å². The zero-order chi connectivity index (χ0) is 34.2. The van der Waals surface area contributed by atoms with E-state index < -0.39 is 5.25 Å². The van der Waals surface area contributed by atoms with Crippen molar-refractivity contribution in [1.82, 2.24) is 15.3 Å². The van der Waals surface area contributed by atoms with Gasteiger partial charge in [-0.25, -0.2) is 4.98 Å². The van der Waals surface area contributed by atoms with Crippen LogP contribution in [0.15, 0.2) is 72.8 Å². The molecule has 2 saturated carbocycles. The quantitative estimate of drug-likeness (QED) is 0.135. The molecular weight excluding hydrogens is 650 g/mol. The normalized spacial score (nSPS) is 18.9. The summed E-state index contributed by atoms with van der Waals surface area (Å²) >= 11 is 7.62. The molecule has 6 rings (SSSR count). The maximum absolute atomic E-state index is 13.7. The zero-order valence-electron chi connectivity index (χ0n) is 28.7. The van der Waals surface area contributed by atoms with Crippen LogP contribution in [-0.4, -0.2) is 53.6 Å². The highest BCUT2D eigenvalue weighted by molar-refractivity contribution is 7.99. The van der Waals surface area contributed by atoms with Crippen LogP contribution in [-0.2, 0) is 10.5 Å². The Bertz CT molecular complexity index is 1700. The Morgan fingerprint density at radius 2 is 1.59 bits per heavy atom. The lowest BCUT2D eigenvalue weighted by atomic mass is 9.84. The van der Waals surface area contributed by atoms with Gasteiger partial charge >= 0.3 is 0 Å². The number of Topliss-reactive ketones (excluding diaryl/α,β-unsaturated/α-hetero) is 1. The third-order valence-electron chi connectivity index (χ3n) is 10.1. The smallest absolute Gasteiger partial charge is 0.233 e. The van der Waals surface area contributed by atoms with Gasteiger partial charge in [-0.1, -0.05) is 79.4 Å². The number of nitrogens with one attached hydrogen (secondary N) is 2. The van der Waals surface area contributed by atoms with E-state index in [4.69, 9.17) is 21.6 Å². The number of thioether (sulfide) groups is 1. The number of nitrogens with zero attached hydrogens (tertiary/aromatic N) is 3. The summed E-state index contributed by atoms with van der Waals surface area (Å²) < 4.78 is 0. The maximum atomic E-state index is 13.7. The van der Waals surface area contributed by atoms with E-state index in [-0.39, 0.29) is 24.2 Å². The second kappa shape index (κ2) is 16.9. The topological polar surface area (TPSA) is 87.2 Å².